The Kier molecular flexibility index (Phi) is 3.27. The maximum absolute atomic E-state index is 12.0. The summed E-state index contributed by atoms with van der Waals surface area (Å²) in [4.78, 5) is 0. The Morgan fingerprint density at radius 3 is 2.75 bits per heavy atom. The highest BCUT2D eigenvalue weighted by Gasteiger charge is 2.25. The van der Waals surface area contributed by atoms with Crippen LogP contribution in [0.2, 0.25) is 0 Å². The lowest BCUT2D eigenvalue weighted by molar-refractivity contribution is 0.358. The molecule has 1 aliphatic heterocycles. The number of aromatic nitrogens is 1. The smallest absolute Gasteiger partial charge is 0.220 e. The molecule has 6 nitrogen and oxygen atoms in total. The zero-order chi connectivity index (χ0) is 11.6. The second-order valence-corrected chi connectivity index (χ2v) is 5.80. The van der Waals surface area contributed by atoms with Crippen LogP contribution in [-0.2, 0) is 15.8 Å². The molecule has 1 aromatic heterocycles. The quantitative estimate of drug-likeness (QED) is 0.792. The van der Waals surface area contributed by atoms with E-state index in [4.69, 9.17) is 4.52 Å². The van der Waals surface area contributed by atoms with Crippen molar-refractivity contribution in [2.45, 2.75) is 12.7 Å². The second kappa shape index (κ2) is 4.52. The fraction of sp³-hybridized carbons (Fsp3) is 0.667. The molecule has 0 aromatic carbocycles. The lowest BCUT2D eigenvalue weighted by Gasteiger charge is -2.26. The summed E-state index contributed by atoms with van der Waals surface area (Å²) >= 11 is 0. The van der Waals surface area contributed by atoms with Crippen molar-refractivity contribution in [1.29, 1.82) is 0 Å². The average molecular weight is 245 g/mol. The molecular formula is C9H15N3O3S. The van der Waals surface area contributed by atoms with E-state index < -0.39 is 10.0 Å². The summed E-state index contributed by atoms with van der Waals surface area (Å²) in [5, 5.41) is 6.81. The molecular weight excluding hydrogens is 230 g/mol. The minimum Gasteiger partial charge on any atom is -0.361 e. The first-order valence-corrected chi connectivity index (χ1v) is 6.79. The van der Waals surface area contributed by atoms with Crippen molar-refractivity contribution >= 4 is 10.0 Å². The Balaban J connectivity index is 2.07. The van der Waals surface area contributed by atoms with Crippen molar-refractivity contribution in [3.8, 4) is 0 Å². The average Bonchev–Trinajstić information content (AvgIpc) is 2.64. The van der Waals surface area contributed by atoms with Gasteiger partial charge in [-0.15, -0.1) is 0 Å². The third kappa shape index (κ3) is 2.60. The molecule has 0 atom stereocenters. The zero-order valence-electron chi connectivity index (χ0n) is 9.14. The predicted octanol–water partition coefficient (Wildman–Crippen LogP) is -0.282. The van der Waals surface area contributed by atoms with Crippen LogP contribution < -0.4 is 5.32 Å². The van der Waals surface area contributed by atoms with Gasteiger partial charge in [0.2, 0.25) is 10.0 Å². The summed E-state index contributed by atoms with van der Waals surface area (Å²) in [5.74, 6) is 0.551. The van der Waals surface area contributed by atoms with Crippen molar-refractivity contribution in [1.82, 2.24) is 14.8 Å². The number of hydrogen-bond acceptors (Lipinski definition) is 5. The lowest BCUT2D eigenvalue weighted by atomic mass is 10.4. The van der Waals surface area contributed by atoms with Crippen LogP contribution in [-0.4, -0.2) is 44.1 Å². The number of rotatable bonds is 3. The van der Waals surface area contributed by atoms with Gasteiger partial charge in [-0.3, -0.25) is 0 Å². The minimum atomic E-state index is -3.25. The van der Waals surface area contributed by atoms with Gasteiger partial charge in [-0.25, -0.2) is 8.42 Å². The number of nitrogens with one attached hydrogen (secondary N) is 1. The predicted molar refractivity (Wildman–Crippen MR) is 58.3 cm³/mol. The van der Waals surface area contributed by atoms with E-state index in [1.54, 1.807) is 13.0 Å². The molecule has 1 fully saturated rings. The normalized spacial score (nSPS) is 18.8. The maximum atomic E-state index is 12.0. The Morgan fingerprint density at radius 2 is 2.19 bits per heavy atom. The standard InChI is InChI=1S/C9H15N3O3S/c1-8-6-9(11-15-8)7-16(13,14)12-4-2-10-3-5-12/h6,10H,2-5,7H2,1H3. The summed E-state index contributed by atoms with van der Waals surface area (Å²) in [7, 11) is -3.25. The number of nitrogens with zero attached hydrogens (tertiary/aromatic N) is 2. The highest BCUT2D eigenvalue weighted by Crippen LogP contribution is 2.11. The molecule has 0 saturated carbocycles. The Labute approximate surface area is 94.7 Å². The van der Waals surface area contributed by atoms with Crippen LogP contribution in [0.1, 0.15) is 11.5 Å². The summed E-state index contributed by atoms with van der Waals surface area (Å²) in [6.45, 7) is 4.21. The van der Waals surface area contributed by atoms with E-state index in [-0.39, 0.29) is 5.75 Å². The molecule has 0 unspecified atom stereocenters. The van der Waals surface area contributed by atoms with Gasteiger partial charge < -0.3 is 9.84 Å². The van der Waals surface area contributed by atoms with Gasteiger partial charge >= 0.3 is 0 Å². The van der Waals surface area contributed by atoms with E-state index in [2.05, 4.69) is 10.5 Å². The van der Waals surface area contributed by atoms with Gasteiger partial charge in [0.15, 0.2) is 0 Å². The Bertz CT molecular complexity index is 448. The van der Waals surface area contributed by atoms with E-state index in [0.717, 1.165) is 0 Å². The van der Waals surface area contributed by atoms with Gasteiger partial charge in [0, 0.05) is 32.2 Å². The monoisotopic (exact) mass is 245 g/mol. The summed E-state index contributed by atoms with van der Waals surface area (Å²) in [6, 6.07) is 1.65. The number of aryl methyl sites for hydroxylation is 1. The van der Waals surface area contributed by atoms with Crippen molar-refractivity contribution in [2.24, 2.45) is 0 Å². The van der Waals surface area contributed by atoms with E-state index in [0.29, 0.717) is 37.6 Å². The van der Waals surface area contributed by atoms with E-state index in [9.17, 15) is 8.42 Å². The Morgan fingerprint density at radius 1 is 1.50 bits per heavy atom. The SMILES string of the molecule is Cc1cc(CS(=O)(=O)N2CCNCC2)no1. The van der Waals surface area contributed by atoms with Crippen LogP contribution in [0, 0.1) is 6.92 Å². The van der Waals surface area contributed by atoms with Gasteiger partial charge in [0.1, 0.15) is 17.2 Å². The van der Waals surface area contributed by atoms with Crippen LogP contribution in [0.5, 0.6) is 0 Å². The molecule has 7 heteroatoms. The first-order chi connectivity index (χ1) is 7.58. The molecule has 1 saturated heterocycles. The van der Waals surface area contributed by atoms with Gasteiger partial charge in [-0.1, -0.05) is 5.16 Å². The summed E-state index contributed by atoms with van der Waals surface area (Å²) < 4.78 is 30.3. The molecule has 2 rings (SSSR count). The molecule has 2 heterocycles. The van der Waals surface area contributed by atoms with E-state index in [1.807, 2.05) is 0 Å². The maximum Gasteiger partial charge on any atom is 0.220 e. The van der Waals surface area contributed by atoms with Crippen LogP contribution in [0.3, 0.4) is 0 Å². The van der Waals surface area contributed by atoms with E-state index >= 15 is 0 Å². The van der Waals surface area contributed by atoms with Crippen molar-refractivity contribution < 1.29 is 12.9 Å². The fourth-order valence-corrected chi connectivity index (χ4v) is 3.12. The van der Waals surface area contributed by atoms with Crippen LogP contribution in [0.15, 0.2) is 10.6 Å². The highest BCUT2D eigenvalue weighted by atomic mass is 32.2. The number of hydrogen-bond donors (Lipinski definition) is 1. The van der Waals surface area contributed by atoms with Crippen LogP contribution >= 0.6 is 0 Å². The molecule has 0 aliphatic carbocycles. The first kappa shape index (κ1) is 11.6. The van der Waals surface area contributed by atoms with E-state index in [1.165, 1.54) is 4.31 Å². The van der Waals surface area contributed by atoms with Gasteiger partial charge in [-0.2, -0.15) is 4.31 Å². The topological polar surface area (TPSA) is 75.4 Å². The lowest BCUT2D eigenvalue weighted by Crippen LogP contribution is -2.46. The van der Waals surface area contributed by atoms with Crippen LogP contribution in [0.4, 0.5) is 0 Å². The zero-order valence-corrected chi connectivity index (χ0v) is 9.96. The first-order valence-electron chi connectivity index (χ1n) is 5.19. The molecule has 90 valence electrons. The number of sulfonamides is 1. The molecule has 1 aromatic rings. The van der Waals surface area contributed by atoms with Gasteiger partial charge in [-0.05, 0) is 6.92 Å². The van der Waals surface area contributed by atoms with Crippen molar-refractivity contribution in [3.05, 3.63) is 17.5 Å². The molecule has 1 aliphatic rings. The largest absolute Gasteiger partial charge is 0.361 e. The molecule has 0 bridgehead atoms. The van der Waals surface area contributed by atoms with Crippen molar-refractivity contribution in [3.63, 3.8) is 0 Å². The fourth-order valence-electron chi connectivity index (χ4n) is 1.69. The third-order valence-corrected chi connectivity index (χ3v) is 4.29. The highest BCUT2D eigenvalue weighted by molar-refractivity contribution is 7.88. The molecule has 0 amide bonds. The Hall–Kier alpha value is -0.920. The number of piperazine rings is 1. The molecule has 0 spiro atoms. The summed E-state index contributed by atoms with van der Waals surface area (Å²) in [6.07, 6.45) is 0. The van der Waals surface area contributed by atoms with Gasteiger partial charge in [0.25, 0.3) is 0 Å². The van der Waals surface area contributed by atoms with Gasteiger partial charge in [0.05, 0.1) is 0 Å². The molecule has 16 heavy (non-hydrogen) atoms. The van der Waals surface area contributed by atoms with Crippen LogP contribution in [0.25, 0.3) is 0 Å². The third-order valence-electron chi connectivity index (χ3n) is 2.48. The minimum absolute atomic E-state index is 0.0790. The summed E-state index contributed by atoms with van der Waals surface area (Å²) in [5.41, 5.74) is 0.469. The second-order valence-electron chi connectivity index (χ2n) is 3.83. The van der Waals surface area contributed by atoms with Crippen molar-refractivity contribution in [2.75, 3.05) is 26.2 Å². The molecule has 0 radical (unpaired) electrons. The molecule has 1 N–H and O–H groups in total.